The number of nitrogens with two attached hydrogens (primary N) is 1. The second kappa shape index (κ2) is 13.4. The van der Waals surface area contributed by atoms with Gasteiger partial charge < -0.3 is 10.8 Å². The molecule has 5 aliphatic rings. The zero-order chi connectivity index (χ0) is 35.4. The predicted octanol–water partition coefficient (Wildman–Crippen LogP) is 7.03. The number of aromatic amines is 1. The van der Waals surface area contributed by atoms with Crippen molar-refractivity contribution in [1.29, 1.82) is 0 Å². The summed E-state index contributed by atoms with van der Waals surface area (Å²) in [6, 6.07) is 0. The highest BCUT2D eigenvalue weighted by Gasteiger charge is 2.72. The van der Waals surface area contributed by atoms with Crippen LogP contribution in [0, 0.1) is 56.7 Å². The summed E-state index contributed by atoms with van der Waals surface area (Å²) in [5.74, 6) is 2.26. The molecular formula is C40H66N6O3. The molecule has 5 fully saturated rings. The summed E-state index contributed by atoms with van der Waals surface area (Å²) in [4.78, 5) is 30.9. The lowest BCUT2D eigenvalue weighted by Gasteiger charge is -2.72. The Morgan fingerprint density at radius 3 is 2.33 bits per heavy atom. The van der Waals surface area contributed by atoms with Crippen LogP contribution in [0.25, 0.3) is 0 Å². The monoisotopic (exact) mass is 679 g/mol. The highest BCUT2D eigenvalue weighted by atomic mass is 16.3. The molecule has 5 saturated carbocycles. The molecule has 0 spiro atoms. The summed E-state index contributed by atoms with van der Waals surface area (Å²) in [7, 11) is 0. The summed E-state index contributed by atoms with van der Waals surface area (Å²) >= 11 is 0. The van der Waals surface area contributed by atoms with Crippen molar-refractivity contribution in [2.45, 2.75) is 150 Å². The van der Waals surface area contributed by atoms with E-state index in [9.17, 15) is 9.90 Å². The van der Waals surface area contributed by atoms with Gasteiger partial charge in [-0.15, -0.1) is 5.10 Å². The molecule has 1 heterocycles. The summed E-state index contributed by atoms with van der Waals surface area (Å²) in [5, 5.41) is 25.2. The average Bonchev–Trinajstić information content (AvgIpc) is 3.71. The van der Waals surface area contributed by atoms with Crippen molar-refractivity contribution >= 4 is 11.8 Å². The van der Waals surface area contributed by atoms with E-state index >= 15 is 4.79 Å². The number of carbonyl (C=O) groups is 2. The number of rotatable bonds is 11. The number of amides is 2. The van der Waals surface area contributed by atoms with Gasteiger partial charge in [-0.25, -0.2) is 5.10 Å². The van der Waals surface area contributed by atoms with Crippen LogP contribution in [0.5, 0.6) is 0 Å². The van der Waals surface area contributed by atoms with Crippen molar-refractivity contribution in [3.05, 3.63) is 18.0 Å². The molecular weight excluding hydrogens is 612 g/mol. The van der Waals surface area contributed by atoms with Crippen LogP contribution in [0.15, 0.2) is 12.2 Å². The van der Waals surface area contributed by atoms with Gasteiger partial charge in [0, 0.05) is 6.54 Å². The molecule has 274 valence electrons. The van der Waals surface area contributed by atoms with Crippen molar-refractivity contribution in [2.75, 3.05) is 13.1 Å². The number of carbonyl (C=O) groups excluding carboxylic acids is 2. The third kappa shape index (κ3) is 5.75. The molecule has 9 nitrogen and oxygen atoms in total. The number of aliphatic hydroxyl groups excluding tert-OH is 1. The molecule has 9 heteroatoms. The number of nitrogens with one attached hydrogen (secondary N) is 1. The molecule has 0 bridgehead atoms. The Bertz CT molecular complexity index is 1380. The number of fused-ring (bicyclic) bond motifs is 7. The fourth-order valence-electron chi connectivity index (χ4n) is 13.5. The summed E-state index contributed by atoms with van der Waals surface area (Å²) in [5.41, 5.74) is 6.76. The van der Waals surface area contributed by atoms with Crippen molar-refractivity contribution in [1.82, 2.24) is 25.5 Å². The van der Waals surface area contributed by atoms with E-state index in [0.29, 0.717) is 36.7 Å². The average molecular weight is 679 g/mol. The Morgan fingerprint density at radius 2 is 1.63 bits per heavy atom. The van der Waals surface area contributed by atoms with Gasteiger partial charge in [0.1, 0.15) is 0 Å². The molecule has 4 N–H and O–H groups in total. The lowest BCUT2D eigenvalue weighted by atomic mass is 9.32. The van der Waals surface area contributed by atoms with Gasteiger partial charge >= 0.3 is 0 Å². The van der Waals surface area contributed by atoms with E-state index in [-0.39, 0.29) is 57.8 Å². The second-order valence-corrected chi connectivity index (χ2v) is 18.6. The minimum atomic E-state index is -0.552. The zero-order valence-corrected chi connectivity index (χ0v) is 31.5. The van der Waals surface area contributed by atoms with Gasteiger partial charge in [0.25, 0.3) is 0 Å². The lowest BCUT2D eigenvalue weighted by Crippen LogP contribution is -2.67. The Kier molecular flexibility index (Phi) is 10.1. The summed E-state index contributed by atoms with van der Waals surface area (Å²) in [6.07, 6.45) is 15.0. The number of nitrogens with zero attached hydrogens (tertiary/aromatic N) is 4. The van der Waals surface area contributed by atoms with E-state index in [0.717, 1.165) is 77.0 Å². The fraction of sp³-hybridized carbons (Fsp3) is 0.875. The van der Waals surface area contributed by atoms with Crippen LogP contribution in [0.1, 0.15) is 144 Å². The lowest BCUT2D eigenvalue weighted by molar-refractivity contribution is -0.247. The third-order valence-electron chi connectivity index (χ3n) is 16.3. The fourth-order valence-corrected chi connectivity index (χ4v) is 13.5. The molecule has 5 aliphatic carbocycles. The van der Waals surface area contributed by atoms with Gasteiger partial charge in [-0.2, -0.15) is 0 Å². The minimum absolute atomic E-state index is 0.00225. The summed E-state index contributed by atoms with van der Waals surface area (Å²) in [6.45, 7) is 20.3. The molecule has 6 rings (SSSR count). The normalized spacial score (nSPS) is 40.8. The van der Waals surface area contributed by atoms with Crippen LogP contribution in [0.2, 0.25) is 0 Å². The van der Waals surface area contributed by atoms with Crippen LogP contribution >= 0.6 is 0 Å². The first kappa shape index (κ1) is 36.7. The van der Waals surface area contributed by atoms with E-state index in [1.165, 1.54) is 24.8 Å². The Morgan fingerprint density at radius 1 is 0.898 bits per heavy atom. The molecule has 0 aliphatic heterocycles. The number of imide groups is 1. The number of H-pyrrole nitrogens is 1. The van der Waals surface area contributed by atoms with Crippen LogP contribution < -0.4 is 5.73 Å². The molecule has 1 aromatic rings. The molecule has 0 saturated heterocycles. The van der Waals surface area contributed by atoms with Crippen LogP contribution in [-0.4, -0.2) is 61.6 Å². The first-order valence-corrected chi connectivity index (χ1v) is 19.8. The zero-order valence-electron chi connectivity index (χ0n) is 31.5. The first-order chi connectivity index (χ1) is 23.2. The Balaban J connectivity index is 1.32. The Hall–Kier alpha value is -2.13. The SMILES string of the molecule is C=C(C)[C@@H]1CC[C@]2(C(=O)N(CCCCCCCN)C(=O)Cc3nnn[nH]3)CC[C@]3(C)[C@H](CCC4[C@@]5(C)CC[C@H](O)C(C)(C)[C@@H]5CC[C@]43C)[C@@H]12. The highest BCUT2D eigenvalue weighted by molar-refractivity contribution is 5.99. The van der Waals surface area contributed by atoms with Crippen molar-refractivity contribution < 1.29 is 14.7 Å². The van der Waals surface area contributed by atoms with Crippen molar-refractivity contribution in [2.24, 2.45) is 62.4 Å². The van der Waals surface area contributed by atoms with Gasteiger partial charge in [0.15, 0.2) is 5.82 Å². The molecule has 10 atom stereocenters. The standard InChI is InChI=1S/C40H66N6O3/c1-26(2)27-15-20-40(35(49)46(24-12-10-8-9-11-23-41)33(48)25-32-42-44-45-43-32)22-21-38(6)28(34(27)40)13-14-30-37(5)18-17-31(47)36(3,4)29(37)16-19-39(30,38)7/h27-31,34,47H,1,8-25,41H2,2-7H3,(H,42,43,44,45)/t27-,28+,29-,30?,31-,34+,37-,38+,39+,40-/m0/s1. The predicted molar refractivity (Wildman–Crippen MR) is 192 cm³/mol. The number of hydrogen-bond donors (Lipinski definition) is 3. The summed E-state index contributed by atoms with van der Waals surface area (Å²) < 4.78 is 0. The van der Waals surface area contributed by atoms with Gasteiger partial charge in [-0.05, 0) is 152 Å². The second-order valence-electron chi connectivity index (χ2n) is 18.6. The van der Waals surface area contributed by atoms with Crippen LogP contribution in [-0.2, 0) is 16.0 Å². The van der Waals surface area contributed by atoms with Gasteiger partial charge in [-0.3, -0.25) is 14.5 Å². The van der Waals surface area contributed by atoms with E-state index in [1.54, 1.807) is 4.90 Å². The maximum Gasteiger partial charge on any atom is 0.236 e. The number of tetrazole rings is 1. The smallest absolute Gasteiger partial charge is 0.236 e. The number of aliphatic hydroxyl groups is 1. The largest absolute Gasteiger partial charge is 0.393 e. The number of hydrogen-bond acceptors (Lipinski definition) is 7. The van der Waals surface area contributed by atoms with E-state index in [1.807, 2.05) is 0 Å². The van der Waals surface area contributed by atoms with E-state index in [4.69, 9.17) is 5.73 Å². The first-order valence-electron chi connectivity index (χ1n) is 19.8. The number of unbranched alkanes of at least 4 members (excludes halogenated alkanes) is 4. The molecule has 2 amide bonds. The number of aromatic nitrogens is 4. The quantitative estimate of drug-likeness (QED) is 0.169. The maximum absolute atomic E-state index is 15.3. The highest BCUT2D eigenvalue weighted by Crippen LogP contribution is 2.77. The van der Waals surface area contributed by atoms with E-state index < -0.39 is 5.41 Å². The molecule has 1 aromatic heterocycles. The van der Waals surface area contributed by atoms with Gasteiger partial charge in [-0.1, -0.05) is 66.0 Å². The van der Waals surface area contributed by atoms with Crippen LogP contribution in [0.3, 0.4) is 0 Å². The topological polar surface area (TPSA) is 138 Å². The van der Waals surface area contributed by atoms with Crippen molar-refractivity contribution in [3.63, 3.8) is 0 Å². The minimum Gasteiger partial charge on any atom is -0.393 e. The molecule has 0 aromatic carbocycles. The molecule has 49 heavy (non-hydrogen) atoms. The number of allylic oxidation sites excluding steroid dienone is 1. The third-order valence-corrected chi connectivity index (χ3v) is 16.3. The van der Waals surface area contributed by atoms with Crippen LogP contribution in [0.4, 0.5) is 0 Å². The van der Waals surface area contributed by atoms with Gasteiger partial charge in [0.2, 0.25) is 11.8 Å². The van der Waals surface area contributed by atoms with Crippen molar-refractivity contribution in [3.8, 4) is 0 Å². The van der Waals surface area contributed by atoms with E-state index in [2.05, 4.69) is 68.7 Å². The Labute approximate surface area is 295 Å². The maximum atomic E-state index is 15.3. The molecule has 1 unspecified atom stereocenters. The molecule has 0 radical (unpaired) electrons. The van der Waals surface area contributed by atoms with Gasteiger partial charge in [0.05, 0.1) is 17.9 Å².